The fourth-order valence-electron chi connectivity index (χ4n) is 2.42. The molecular formula is C15H18F3NO. The maximum atomic E-state index is 12.8. The van der Waals surface area contributed by atoms with Crippen molar-refractivity contribution in [3.8, 4) is 0 Å². The van der Waals surface area contributed by atoms with E-state index in [2.05, 4.69) is 0 Å². The van der Waals surface area contributed by atoms with Gasteiger partial charge < -0.3 is 9.67 Å². The SMILES string of the molecule is CCn1cc(CC(C)(C)O)c2cc(C(F)(F)F)ccc21. The van der Waals surface area contributed by atoms with Crippen molar-refractivity contribution >= 4 is 10.9 Å². The summed E-state index contributed by atoms with van der Waals surface area (Å²) in [6.45, 7) is 5.91. The van der Waals surface area contributed by atoms with Gasteiger partial charge in [-0.2, -0.15) is 13.2 Å². The quantitative estimate of drug-likeness (QED) is 0.906. The molecule has 0 spiro atoms. The Hall–Kier alpha value is -1.49. The second kappa shape index (κ2) is 4.81. The molecule has 20 heavy (non-hydrogen) atoms. The number of hydrogen-bond acceptors (Lipinski definition) is 1. The van der Waals surface area contributed by atoms with Crippen LogP contribution in [0.2, 0.25) is 0 Å². The number of aryl methyl sites for hydroxylation is 1. The van der Waals surface area contributed by atoms with Gasteiger partial charge in [-0.05, 0) is 44.5 Å². The van der Waals surface area contributed by atoms with E-state index in [0.29, 0.717) is 18.4 Å². The summed E-state index contributed by atoms with van der Waals surface area (Å²) in [5.74, 6) is 0. The molecule has 1 N–H and O–H groups in total. The second-order valence-electron chi connectivity index (χ2n) is 5.66. The van der Waals surface area contributed by atoms with Gasteiger partial charge in [0.25, 0.3) is 0 Å². The van der Waals surface area contributed by atoms with Crippen LogP contribution in [-0.4, -0.2) is 15.3 Å². The van der Waals surface area contributed by atoms with Crippen molar-refractivity contribution in [2.75, 3.05) is 0 Å². The molecule has 0 bridgehead atoms. The van der Waals surface area contributed by atoms with Gasteiger partial charge in [0.2, 0.25) is 0 Å². The number of hydrogen-bond donors (Lipinski definition) is 1. The van der Waals surface area contributed by atoms with Crippen molar-refractivity contribution in [2.45, 2.75) is 45.5 Å². The van der Waals surface area contributed by atoms with E-state index in [9.17, 15) is 18.3 Å². The Morgan fingerprint density at radius 2 is 1.85 bits per heavy atom. The minimum absolute atomic E-state index is 0.317. The molecule has 0 aliphatic rings. The van der Waals surface area contributed by atoms with Crippen molar-refractivity contribution in [3.05, 3.63) is 35.5 Å². The van der Waals surface area contributed by atoms with Crippen LogP contribution in [0.25, 0.3) is 10.9 Å². The van der Waals surface area contributed by atoms with E-state index < -0.39 is 17.3 Å². The third-order valence-electron chi connectivity index (χ3n) is 3.25. The lowest BCUT2D eigenvalue weighted by molar-refractivity contribution is -0.137. The van der Waals surface area contributed by atoms with E-state index in [-0.39, 0.29) is 0 Å². The highest BCUT2D eigenvalue weighted by atomic mass is 19.4. The molecule has 0 aliphatic carbocycles. The average molecular weight is 285 g/mol. The zero-order valence-corrected chi connectivity index (χ0v) is 11.8. The van der Waals surface area contributed by atoms with Crippen LogP contribution in [-0.2, 0) is 19.1 Å². The number of halogens is 3. The molecule has 0 saturated heterocycles. The van der Waals surface area contributed by atoms with E-state index in [1.165, 1.54) is 12.1 Å². The Labute approximate surface area is 115 Å². The Kier molecular flexibility index (Phi) is 3.58. The largest absolute Gasteiger partial charge is 0.416 e. The predicted octanol–water partition coefficient (Wildman–Crippen LogP) is 3.99. The monoisotopic (exact) mass is 285 g/mol. The molecule has 0 aliphatic heterocycles. The van der Waals surface area contributed by atoms with Crippen molar-refractivity contribution < 1.29 is 18.3 Å². The van der Waals surface area contributed by atoms with Gasteiger partial charge >= 0.3 is 6.18 Å². The number of fused-ring (bicyclic) bond motifs is 1. The van der Waals surface area contributed by atoms with Crippen molar-refractivity contribution in [3.63, 3.8) is 0 Å². The molecule has 2 aromatic rings. The smallest absolute Gasteiger partial charge is 0.390 e. The molecule has 0 atom stereocenters. The van der Waals surface area contributed by atoms with Gasteiger partial charge in [0.1, 0.15) is 0 Å². The predicted molar refractivity (Wildman–Crippen MR) is 72.6 cm³/mol. The Morgan fingerprint density at radius 1 is 1.20 bits per heavy atom. The van der Waals surface area contributed by atoms with Crippen molar-refractivity contribution in [1.82, 2.24) is 4.57 Å². The summed E-state index contributed by atoms with van der Waals surface area (Å²) in [6.07, 6.45) is -2.21. The maximum Gasteiger partial charge on any atom is 0.416 e. The summed E-state index contributed by atoms with van der Waals surface area (Å²) in [5.41, 5.74) is -0.114. The number of alkyl halides is 3. The Bertz CT molecular complexity index is 620. The highest BCUT2D eigenvalue weighted by Gasteiger charge is 2.31. The fourth-order valence-corrected chi connectivity index (χ4v) is 2.42. The standard InChI is InChI=1S/C15H18F3NO/c1-4-19-9-10(8-14(2,3)20)12-7-11(15(16,17)18)5-6-13(12)19/h5-7,9,20H,4,8H2,1-3H3. The molecule has 0 radical (unpaired) electrons. The van der Waals surface area contributed by atoms with Crippen LogP contribution >= 0.6 is 0 Å². The first-order chi connectivity index (χ1) is 9.12. The normalized spacial score (nSPS) is 13.2. The number of nitrogens with zero attached hydrogens (tertiary/aromatic N) is 1. The molecule has 1 aromatic heterocycles. The fraction of sp³-hybridized carbons (Fsp3) is 0.467. The molecule has 110 valence electrons. The minimum atomic E-state index is -4.35. The summed E-state index contributed by atoms with van der Waals surface area (Å²) >= 11 is 0. The first-order valence-electron chi connectivity index (χ1n) is 6.53. The van der Waals surface area contributed by atoms with Gasteiger partial charge in [0.05, 0.1) is 11.2 Å². The Morgan fingerprint density at radius 3 is 2.35 bits per heavy atom. The number of aliphatic hydroxyl groups is 1. The molecule has 1 heterocycles. The molecule has 0 unspecified atom stereocenters. The third kappa shape index (κ3) is 2.98. The molecular weight excluding hydrogens is 267 g/mol. The molecule has 1 aromatic carbocycles. The van der Waals surface area contributed by atoms with Crippen LogP contribution in [0.1, 0.15) is 31.9 Å². The van der Waals surface area contributed by atoms with Crippen molar-refractivity contribution in [1.29, 1.82) is 0 Å². The van der Waals surface area contributed by atoms with Crippen LogP contribution < -0.4 is 0 Å². The average Bonchev–Trinajstić information content (AvgIpc) is 2.63. The van der Waals surface area contributed by atoms with Crippen LogP contribution in [0.3, 0.4) is 0 Å². The molecule has 0 amide bonds. The zero-order chi connectivity index (χ0) is 15.1. The zero-order valence-electron chi connectivity index (χ0n) is 11.8. The van der Waals surface area contributed by atoms with Crippen LogP contribution in [0.15, 0.2) is 24.4 Å². The first kappa shape index (κ1) is 14.9. The number of rotatable bonds is 3. The van der Waals surface area contributed by atoms with Crippen LogP contribution in [0.4, 0.5) is 13.2 Å². The lowest BCUT2D eigenvalue weighted by Crippen LogP contribution is -2.21. The first-order valence-corrected chi connectivity index (χ1v) is 6.53. The molecule has 2 nitrogen and oxygen atoms in total. The van der Waals surface area contributed by atoms with E-state index in [0.717, 1.165) is 17.1 Å². The third-order valence-corrected chi connectivity index (χ3v) is 3.25. The summed E-state index contributed by atoms with van der Waals surface area (Å²) < 4.78 is 40.4. The lowest BCUT2D eigenvalue weighted by Gasteiger charge is -2.16. The highest BCUT2D eigenvalue weighted by Crippen LogP contribution is 2.33. The van der Waals surface area contributed by atoms with Gasteiger partial charge in [0, 0.05) is 30.1 Å². The summed E-state index contributed by atoms with van der Waals surface area (Å²) in [5, 5.41) is 10.5. The van der Waals surface area contributed by atoms with Crippen LogP contribution in [0, 0.1) is 0 Å². The maximum absolute atomic E-state index is 12.8. The molecule has 2 rings (SSSR count). The van der Waals surface area contributed by atoms with Gasteiger partial charge in [-0.3, -0.25) is 0 Å². The van der Waals surface area contributed by atoms with E-state index in [4.69, 9.17) is 0 Å². The molecule has 5 heteroatoms. The summed E-state index contributed by atoms with van der Waals surface area (Å²) in [7, 11) is 0. The number of benzene rings is 1. The van der Waals surface area contributed by atoms with Gasteiger partial charge in [-0.25, -0.2) is 0 Å². The second-order valence-corrected chi connectivity index (χ2v) is 5.66. The topological polar surface area (TPSA) is 25.2 Å². The van der Waals surface area contributed by atoms with Crippen molar-refractivity contribution in [2.24, 2.45) is 0 Å². The highest BCUT2D eigenvalue weighted by molar-refractivity contribution is 5.85. The van der Waals surface area contributed by atoms with E-state index in [1.807, 2.05) is 17.7 Å². The van der Waals surface area contributed by atoms with Gasteiger partial charge in [0.15, 0.2) is 0 Å². The Balaban J connectivity index is 2.62. The van der Waals surface area contributed by atoms with Gasteiger partial charge in [-0.15, -0.1) is 0 Å². The lowest BCUT2D eigenvalue weighted by atomic mass is 9.97. The molecule has 0 fully saturated rings. The summed E-state index contributed by atoms with van der Waals surface area (Å²) in [6, 6.07) is 3.76. The number of aromatic nitrogens is 1. The summed E-state index contributed by atoms with van der Waals surface area (Å²) in [4.78, 5) is 0. The minimum Gasteiger partial charge on any atom is -0.390 e. The van der Waals surface area contributed by atoms with Crippen LogP contribution in [0.5, 0.6) is 0 Å². The molecule has 0 saturated carbocycles. The van der Waals surface area contributed by atoms with Gasteiger partial charge in [-0.1, -0.05) is 0 Å². The van der Waals surface area contributed by atoms with E-state index >= 15 is 0 Å². The van der Waals surface area contributed by atoms with E-state index in [1.54, 1.807) is 13.8 Å².